The van der Waals surface area contributed by atoms with Crippen molar-refractivity contribution in [3.05, 3.63) is 116 Å². The lowest BCUT2D eigenvalue weighted by atomic mass is 10.1. The van der Waals surface area contributed by atoms with Gasteiger partial charge in [-0.2, -0.15) is 5.26 Å². The second-order valence-corrected chi connectivity index (χ2v) is 8.37. The van der Waals surface area contributed by atoms with E-state index in [1.54, 1.807) is 24.3 Å². The number of nitro groups is 1. The fourth-order valence-corrected chi connectivity index (χ4v) is 4.05. The third-order valence-corrected chi connectivity index (χ3v) is 5.86. The van der Waals surface area contributed by atoms with Crippen LogP contribution in [0.1, 0.15) is 11.1 Å². The van der Waals surface area contributed by atoms with Gasteiger partial charge in [0.15, 0.2) is 0 Å². The molecule has 0 radical (unpaired) electrons. The van der Waals surface area contributed by atoms with Gasteiger partial charge in [0.25, 0.3) is 11.6 Å². The maximum absolute atomic E-state index is 12.6. The van der Waals surface area contributed by atoms with Gasteiger partial charge in [0.2, 0.25) is 0 Å². The highest BCUT2D eigenvalue weighted by Gasteiger charge is 2.17. The first-order valence-corrected chi connectivity index (χ1v) is 11.3. The topological polar surface area (TPSA) is 105 Å². The van der Waals surface area contributed by atoms with Crippen LogP contribution in [0.25, 0.3) is 16.8 Å². The number of para-hydroxylation sites is 2. The number of nitrogens with one attached hydrogen (secondary N) is 1. The van der Waals surface area contributed by atoms with Crippen LogP contribution >= 0.6 is 15.9 Å². The number of hydrogen-bond acceptors (Lipinski definition) is 5. The van der Waals surface area contributed by atoms with Crippen LogP contribution in [0, 0.1) is 21.4 Å². The Morgan fingerprint density at radius 3 is 2.57 bits per heavy atom. The smallest absolute Gasteiger partial charge is 0.292 e. The fourth-order valence-electron chi connectivity index (χ4n) is 3.54. The molecule has 7 nitrogen and oxygen atoms in total. The molecule has 0 spiro atoms. The van der Waals surface area contributed by atoms with Crippen LogP contribution in [0.4, 0.5) is 11.4 Å². The lowest BCUT2D eigenvalue weighted by Gasteiger charge is -2.11. The SMILES string of the molecule is N#C/C(=C\c1ccc(OCc2cccc3ccccc23)c(Br)c1)C(=O)Nc1ccccc1[N+](=O)[O-]. The molecule has 0 aromatic heterocycles. The monoisotopic (exact) mass is 527 g/mol. The molecule has 1 amide bonds. The fraction of sp³-hybridized carbons (Fsp3) is 0.0370. The van der Waals surface area contributed by atoms with E-state index in [4.69, 9.17) is 4.74 Å². The van der Waals surface area contributed by atoms with E-state index in [2.05, 4.69) is 39.4 Å². The number of anilines is 1. The molecule has 0 heterocycles. The van der Waals surface area contributed by atoms with Crippen molar-refractivity contribution in [1.29, 1.82) is 5.26 Å². The average Bonchev–Trinajstić information content (AvgIpc) is 2.87. The average molecular weight is 528 g/mol. The Kier molecular flexibility index (Phi) is 7.19. The van der Waals surface area contributed by atoms with E-state index in [0.29, 0.717) is 22.4 Å². The number of amides is 1. The first-order valence-electron chi connectivity index (χ1n) is 10.5. The van der Waals surface area contributed by atoms with Gasteiger partial charge < -0.3 is 10.1 Å². The van der Waals surface area contributed by atoms with Crippen molar-refractivity contribution in [2.75, 3.05) is 5.32 Å². The largest absolute Gasteiger partial charge is 0.488 e. The number of rotatable bonds is 7. The van der Waals surface area contributed by atoms with Gasteiger partial charge in [0.05, 0.1) is 9.40 Å². The standard InChI is InChI=1S/C27H18BrN3O4/c28-23-15-18(14-21(16-29)27(32)30-24-10-3-4-11-25(24)31(33)34)12-13-26(23)35-17-20-8-5-7-19-6-1-2-9-22(19)20/h1-15H,17H2,(H,30,32)/b21-14+. The van der Waals surface area contributed by atoms with Gasteiger partial charge in [-0.1, -0.05) is 60.7 Å². The molecule has 0 saturated carbocycles. The number of nitrogens with zero attached hydrogens (tertiary/aromatic N) is 2. The highest BCUT2D eigenvalue weighted by molar-refractivity contribution is 9.10. The minimum absolute atomic E-state index is 0.0158. The van der Waals surface area contributed by atoms with Gasteiger partial charge in [0, 0.05) is 6.07 Å². The molecule has 0 aliphatic carbocycles. The Labute approximate surface area is 209 Å². The zero-order valence-electron chi connectivity index (χ0n) is 18.3. The molecule has 35 heavy (non-hydrogen) atoms. The maximum atomic E-state index is 12.6. The highest BCUT2D eigenvalue weighted by atomic mass is 79.9. The van der Waals surface area contributed by atoms with E-state index in [1.165, 1.54) is 24.3 Å². The van der Waals surface area contributed by atoms with E-state index >= 15 is 0 Å². The predicted molar refractivity (Wildman–Crippen MR) is 138 cm³/mol. The van der Waals surface area contributed by atoms with Crippen molar-refractivity contribution in [1.82, 2.24) is 0 Å². The maximum Gasteiger partial charge on any atom is 0.292 e. The summed E-state index contributed by atoms with van der Waals surface area (Å²) in [5.74, 6) is -0.132. The Hall–Kier alpha value is -4.48. The van der Waals surface area contributed by atoms with Gasteiger partial charge in [-0.05, 0) is 62.1 Å². The zero-order valence-corrected chi connectivity index (χ0v) is 19.9. The number of carbonyl (C=O) groups excluding carboxylic acids is 1. The van der Waals surface area contributed by atoms with Crippen molar-refractivity contribution in [3.63, 3.8) is 0 Å². The highest BCUT2D eigenvalue weighted by Crippen LogP contribution is 2.29. The summed E-state index contributed by atoms with van der Waals surface area (Å²) in [5, 5.41) is 25.3. The number of fused-ring (bicyclic) bond motifs is 1. The van der Waals surface area contributed by atoms with Crippen molar-refractivity contribution in [3.8, 4) is 11.8 Å². The quantitative estimate of drug-likeness (QED) is 0.125. The summed E-state index contributed by atoms with van der Waals surface area (Å²) in [6.07, 6.45) is 1.41. The molecule has 172 valence electrons. The molecule has 0 bridgehead atoms. The number of benzene rings is 4. The molecule has 4 aromatic carbocycles. The van der Waals surface area contributed by atoms with Gasteiger partial charge in [-0.15, -0.1) is 0 Å². The number of hydrogen-bond donors (Lipinski definition) is 1. The van der Waals surface area contributed by atoms with Crippen LogP contribution in [-0.2, 0) is 11.4 Å². The van der Waals surface area contributed by atoms with Crippen LogP contribution in [0.3, 0.4) is 0 Å². The van der Waals surface area contributed by atoms with Crippen LogP contribution in [-0.4, -0.2) is 10.8 Å². The number of ether oxygens (including phenoxy) is 1. The molecule has 0 unspecified atom stereocenters. The summed E-state index contributed by atoms with van der Waals surface area (Å²) in [7, 11) is 0. The first kappa shape index (κ1) is 23.7. The zero-order chi connectivity index (χ0) is 24.8. The Morgan fingerprint density at radius 1 is 1.06 bits per heavy atom. The summed E-state index contributed by atoms with van der Waals surface area (Å²) >= 11 is 3.49. The Bertz CT molecular complexity index is 1500. The lowest BCUT2D eigenvalue weighted by molar-refractivity contribution is -0.383. The second kappa shape index (κ2) is 10.6. The molecule has 1 N–H and O–H groups in total. The Morgan fingerprint density at radius 2 is 1.80 bits per heavy atom. The van der Waals surface area contributed by atoms with Gasteiger partial charge >= 0.3 is 0 Å². The molecule has 4 rings (SSSR count). The molecule has 0 aliphatic heterocycles. The number of halogens is 1. The molecule has 0 aliphatic rings. The van der Waals surface area contributed by atoms with Gasteiger partial charge in [0.1, 0.15) is 29.7 Å². The second-order valence-electron chi connectivity index (χ2n) is 7.52. The molecule has 4 aromatic rings. The summed E-state index contributed by atoms with van der Waals surface area (Å²) in [4.78, 5) is 23.2. The molecular weight excluding hydrogens is 510 g/mol. The molecule has 8 heteroatoms. The molecule has 0 fully saturated rings. The third-order valence-electron chi connectivity index (χ3n) is 5.24. The van der Waals surface area contributed by atoms with E-state index in [9.17, 15) is 20.2 Å². The van der Waals surface area contributed by atoms with Crippen molar-refractivity contribution in [2.45, 2.75) is 6.61 Å². The van der Waals surface area contributed by atoms with Crippen molar-refractivity contribution < 1.29 is 14.5 Å². The third kappa shape index (κ3) is 5.54. The van der Waals surface area contributed by atoms with Crippen LogP contribution in [0.15, 0.2) is 95.0 Å². The number of nitriles is 1. The first-order chi connectivity index (χ1) is 17.0. The minimum atomic E-state index is -0.741. The summed E-state index contributed by atoms with van der Waals surface area (Å²) < 4.78 is 6.66. The van der Waals surface area contributed by atoms with Crippen molar-refractivity contribution >= 4 is 50.1 Å². The van der Waals surface area contributed by atoms with Gasteiger partial charge in [-0.3, -0.25) is 14.9 Å². The Balaban J connectivity index is 1.50. The molecule has 0 saturated heterocycles. The van der Waals surface area contributed by atoms with Crippen LogP contribution in [0.5, 0.6) is 5.75 Å². The summed E-state index contributed by atoms with van der Waals surface area (Å²) in [6.45, 7) is 0.372. The molecule has 0 atom stereocenters. The summed E-state index contributed by atoms with van der Waals surface area (Å²) in [6, 6.07) is 26.9. The number of carbonyl (C=O) groups is 1. The van der Waals surface area contributed by atoms with E-state index in [0.717, 1.165) is 16.3 Å². The van der Waals surface area contributed by atoms with E-state index < -0.39 is 10.8 Å². The number of nitro benzene ring substituents is 1. The predicted octanol–water partition coefficient (Wildman–Crippen LogP) is 6.64. The lowest BCUT2D eigenvalue weighted by Crippen LogP contribution is -2.14. The van der Waals surface area contributed by atoms with Crippen LogP contribution < -0.4 is 10.1 Å². The van der Waals surface area contributed by atoms with E-state index in [-0.39, 0.29) is 16.9 Å². The van der Waals surface area contributed by atoms with Crippen LogP contribution in [0.2, 0.25) is 0 Å². The van der Waals surface area contributed by atoms with E-state index in [1.807, 2.05) is 30.3 Å². The van der Waals surface area contributed by atoms with Crippen molar-refractivity contribution in [2.24, 2.45) is 0 Å². The van der Waals surface area contributed by atoms with Gasteiger partial charge in [-0.25, -0.2) is 0 Å². The minimum Gasteiger partial charge on any atom is -0.488 e. The molecular formula is C27H18BrN3O4. The normalized spacial score (nSPS) is 11.0. The summed E-state index contributed by atoms with van der Waals surface area (Å²) in [5.41, 5.74) is 1.20.